The second-order valence-corrected chi connectivity index (χ2v) is 13.9. The summed E-state index contributed by atoms with van der Waals surface area (Å²) in [6.45, 7) is 5.26. The number of nitrogens with one attached hydrogen (secondary N) is 4. The van der Waals surface area contributed by atoms with E-state index in [9.17, 15) is 29.1 Å². The Morgan fingerprint density at radius 3 is 2.36 bits per heavy atom. The van der Waals surface area contributed by atoms with Gasteiger partial charge >= 0.3 is 0 Å². The summed E-state index contributed by atoms with van der Waals surface area (Å²) in [5.41, 5.74) is 0.780. The SMILES string of the molecule is COc1ccc2cc1Oc1cccc(OC)c1CNC(=O)[C@@H](C(C)C)NC(=O)[C@H]([C@@H](C)O)NC(=O)CN(C(=O)c1nnc3n1CCCC3)CCCCNC2=O. The maximum Gasteiger partial charge on any atom is 0.292 e. The molecule has 2 aliphatic rings. The molecule has 0 radical (unpaired) electrons. The standard InChI is InChI=1S/C38H50N8O9/c1-22(2)32-36(50)40-20-25-26(53-4)11-10-12-27(25)55-29-19-24(14-15-28(29)54-5)35(49)39-16-7-9-17-45(21-31(48)41-33(23(3)47)37(51)42-32)38(52)34-44-43-30-13-6-8-18-46(30)34/h10-12,14-15,19,22-23,32-33,47H,6-9,13,16-18,20-21H2,1-5H3,(H,39,49)(H,40,50)(H,41,48)(H,42,51)/t23-,32-,33+/m1/s1. The molecule has 17 heteroatoms. The maximum absolute atomic E-state index is 13.9. The van der Waals surface area contributed by atoms with E-state index in [1.54, 1.807) is 54.8 Å². The highest BCUT2D eigenvalue weighted by Gasteiger charge is 2.33. The summed E-state index contributed by atoms with van der Waals surface area (Å²) in [6.07, 6.45) is 1.98. The molecule has 5 amide bonds. The lowest BCUT2D eigenvalue weighted by Crippen LogP contribution is -2.59. The second-order valence-electron chi connectivity index (χ2n) is 13.9. The van der Waals surface area contributed by atoms with Crippen LogP contribution in [0.4, 0.5) is 0 Å². The number of hydrogen-bond donors (Lipinski definition) is 5. The molecule has 2 aromatic carbocycles. The topological polar surface area (TPSA) is 215 Å². The van der Waals surface area contributed by atoms with Gasteiger partial charge in [-0.15, -0.1) is 10.2 Å². The largest absolute Gasteiger partial charge is 0.496 e. The molecule has 55 heavy (non-hydrogen) atoms. The van der Waals surface area contributed by atoms with E-state index in [4.69, 9.17) is 14.2 Å². The minimum absolute atomic E-state index is 0.0740. The summed E-state index contributed by atoms with van der Waals surface area (Å²) in [6, 6.07) is 7.34. The van der Waals surface area contributed by atoms with Crippen LogP contribution in [-0.2, 0) is 33.9 Å². The zero-order valence-electron chi connectivity index (χ0n) is 31.8. The average molecular weight is 763 g/mol. The lowest BCUT2D eigenvalue weighted by atomic mass is 10.0. The van der Waals surface area contributed by atoms with Gasteiger partial charge in [-0.25, -0.2) is 0 Å². The van der Waals surface area contributed by atoms with Gasteiger partial charge in [-0.05, 0) is 68.9 Å². The van der Waals surface area contributed by atoms with Crippen LogP contribution in [0.15, 0.2) is 36.4 Å². The summed E-state index contributed by atoms with van der Waals surface area (Å²) in [7, 11) is 2.95. The number of carbonyl (C=O) groups excluding carboxylic acids is 5. The van der Waals surface area contributed by atoms with Crippen LogP contribution in [0.25, 0.3) is 0 Å². The molecule has 0 unspecified atom stereocenters. The van der Waals surface area contributed by atoms with Crippen molar-refractivity contribution in [3.63, 3.8) is 0 Å². The molecule has 296 valence electrons. The van der Waals surface area contributed by atoms with Crippen LogP contribution in [0.2, 0.25) is 0 Å². The minimum Gasteiger partial charge on any atom is -0.496 e. The summed E-state index contributed by atoms with van der Waals surface area (Å²) < 4.78 is 19.2. The van der Waals surface area contributed by atoms with Crippen molar-refractivity contribution >= 4 is 29.5 Å². The van der Waals surface area contributed by atoms with E-state index in [0.717, 1.165) is 12.8 Å². The van der Waals surface area contributed by atoms with Crippen molar-refractivity contribution in [2.75, 3.05) is 33.9 Å². The van der Waals surface area contributed by atoms with Crippen molar-refractivity contribution < 1.29 is 43.3 Å². The fraction of sp³-hybridized carbons (Fsp3) is 0.500. The van der Waals surface area contributed by atoms with E-state index in [0.29, 0.717) is 60.0 Å². The number of aromatic nitrogens is 3. The monoisotopic (exact) mass is 762 g/mol. The summed E-state index contributed by atoms with van der Waals surface area (Å²) in [4.78, 5) is 69.3. The van der Waals surface area contributed by atoms with Crippen molar-refractivity contribution in [1.29, 1.82) is 0 Å². The third kappa shape index (κ3) is 9.89. The molecule has 5 N–H and O–H groups in total. The molecule has 5 rings (SSSR count). The van der Waals surface area contributed by atoms with Crippen LogP contribution in [0.1, 0.15) is 78.8 Å². The van der Waals surface area contributed by atoms with E-state index in [2.05, 4.69) is 31.5 Å². The Morgan fingerprint density at radius 1 is 0.873 bits per heavy atom. The van der Waals surface area contributed by atoms with Crippen molar-refractivity contribution in [2.24, 2.45) is 5.92 Å². The van der Waals surface area contributed by atoms with Gasteiger partial charge in [0.1, 0.15) is 29.4 Å². The number of ether oxygens (including phenoxy) is 3. The number of rotatable bonds is 5. The summed E-state index contributed by atoms with van der Waals surface area (Å²) in [5.74, 6) is -1.18. The van der Waals surface area contributed by atoms with Crippen LogP contribution in [0, 0.1) is 5.92 Å². The lowest BCUT2D eigenvalue weighted by Gasteiger charge is -2.28. The highest BCUT2D eigenvalue weighted by Crippen LogP contribution is 2.37. The van der Waals surface area contributed by atoms with Gasteiger partial charge in [0.25, 0.3) is 11.8 Å². The van der Waals surface area contributed by atoms with Crippen molar-refractivity contribution in [1.82, 2.24) is 40.9 Å². The van der Waals surface area contributed by atoms with Gasteiger partial charge in [0.15, 0.2) is 11.5 Å². The first kappa shape index (κ1) is 40.5. The Labute approximate surface area is 319 Å². The molecular weight excluding hydrogens is 712 g/mol. The fourth-order valence-electron chi connectivity index (χ4n) is 6.48. The molecule has 17 nitrogen and oxygen atoms in total. The zero-order valence-corrected chi connectivity index (χ0v) is 31.8. The Bertz CT molecular complexity index is 1880. The van der Waals surface area contributed by atoms with Crippen molar-refractivity contribution in [3.8, 4) is 23.0 Å². The molecule has 2 aliphatic heterocycles. The van der Waals surface area contributed by atoms with Crippen molar-refractivity contribution in [2.45, 2.75) is 84.2 Å². The van der Waals surface area contributed by atoms with Gasteiger partial charge in [-0.1, -0.05) is 19.9 Å². The first-order chi connectivity index (χ1) is 26.4. The zero-order chi connectivity index (χ0) is 39.6. The molecule has 0 fully saturated rings. The van der Waals surface area contributed by atoms with Gasteiger partial charge in [0, 0.05) is 31.6 Å². The predicted octanol–water partition coefficient (Wildman–Crippen LogP) is 1.71. The van der Waals surface area contributed by atoms with E-state index in [1.807, 2.05) is 0 Å². The molecule has 3 heterocycles. The van der Waals surface area contributed by atoms with Gasteiger partial charge in [-0.2, -0.15) is 0 Å². The average Bonchev–Trinajstić information content (AvgIpc) is 3.61. The Kier molecular flexibility index (Phi) is 13.7. The third-order valence-corrected chi connectivity index (χ3v) is 9.54. The van der Waals surface area contributed by atoms with E-state index < -0.39 is 54.3 Å². The van der Waals surface area contributed by atoms with Crippen LogP contribution >= 0.6 is 0 Å². The lowest BCUT2D eigenvalue weighted by molar-refractivity contribution is -0.135. The van der Waals surface area contributed by atoms with E-state index in [-0.39, 0.29) is 37.1 Å². The quantitative estimate of drug-likeness (QED) is 0.252. The first-order valence-electron chi connectivity index (χ1n) is 18.5. The molecular formula is C38H50N8O9. The van der Waals surface area contributed by atoms with Gasteiger partial charge in [0.2, 0.25) is 23.5 Å². The normalized spacial score (nSPS) is 19.7. The van der Waals surface area contributed by atoms with Crippen LogP contribution in [0.3, 0.4) is 0 Å². The molecule has 3 aromatic rings. The molecule has 3 atom stereocenters. The Hall–Kier alpha value is -5.71. The van der Waals surface area contributed by atoms with Crippen LogP contribution in [0.5, 0.6) is 23.0 Å². The first-order valence-corrected chi connectivity index (χ1v) is 18.5. The molecule has 0 saturated heterocycles. The Balaban J connectivity index is 1.46. The smallest absolute Gasteiger partial charge is 0.292 e. The summed E-state index contributed by atoms with van der Waals surface area (Å²) >= 11 is 0. The molecule has 0 spiro atoms. The van der Waals surface area contributed by atoms with Gasteiger partial charge in [0.05, 0.1) is 39.0 Å². The second kappa shape index (κ2) is 18.6. The number of amides is 5. The Morgan fingerprint density at radius 2 is 1.64 bits per heavy atom. The number of aliphatic hydroxyl groups excluding tert-OH is 1. The van der Waals surface area contributed by atoms with Crippen LogP contribution < -0.4 is 35.5 Å². The van der Waals surface area contributed by atoms with Crippen molar-refractivity contribution in [3.05, 3.63) is 59.2 Å². The predicted molar refractivity (Wildman–Crippen MR) is 199 cm³/mol. The number of carbonyl (C=O) groups is 5. The number of nitrogens with zero attached hydrogens (tertiary/aromatic N) is 4. The fourth-order valence-corrected chi connectivity index (χ4v) is 6.48. The minimum atomic E-state index is -1.45. The molecule has 2 bridgehead atoms. The number of fused-ring (bicyclic) bond motifs is 4. The highest BCUT2D eigenvalue weighted by atomic mass is 16.5. The number of benzene rings is 2. The highest BCUT2D eigenvalue weighted by molar-refractivity contribution is 5.96. The number of aliphatic hydroxyl groups is 1. The van der Waals surface area contributed by atoms with E-state index >= 15 is 0 Å². The maximum atomic E-state index is 13.9. The van der Waals surface area contributed by atoms with Crippen LogP contribution in [-0.4, -0.2) is 106 Å². The van der Waals surface area contributed by atoms with E-state index in [1.165, 1.54) is 26.0 Å². The molecule has 0 saturated carbocycles. The van der Waals surface area contributed by atoms with Gasteiger partial charge < -0.3 is 50.1 Å². The molecule has 1 aromatic heterocycles. The third-order valence-electron chi connectivity index (χ3n) is 9.54. The molecule has 0 aliphatic carbocycles. The number of methoxy groups -OCH3 is 2. The number of hydrogen-bond acceptors (Lipinski definition) is 11. The van der Waals surface area contributed by atoms with Gasteiger partial charge in [-0.3, -0.25) is 24.0 Å². The number of aryl methyl sites for hydroxylation is 1. The summed E-state index contributed by atoms with van der Waals surface area (Å²) in [5, 5.41) is 29.9.